The molecule has 31 heavy (non-hydrogen) atoms. The summed E-state index contributed by atoms with van der Waals surface area (Å²) in [6.45, 7) is 4.13. The summed E-state index contributed by atoms with van der Waals surface area (Å²) in [5, 5.41) is 2.36. The fourth-order valence-electron chi connectivity index (χ4n) is 2.94. The van der Waals surface area contributed by atoms with Crippen molar-refractivity contribution in [2.45, 2.75) is 33.0 Å². The Labute approximate surface area is 190 Å². The molecule has 0 saturated heterocycles. The lowest BCUT2D eigenvalue weighted by Crippen LogP contribution is -2.18. The van der Waals surface area contributed by atoms with Gasteiger partial charge in [0.15, 0.2) is 5.13 Å². The first-order valence-electron chi connectivity index (χ1n) is 9.16. The molecule has 1 N–H and O–H groups in total. The summed E-state index contributed by atoms with van der Waals surface area (Å²) in [6.07, 6.45) is -1.50. The van der Waals surface area contributed by atoms with Gasteiger partial charge < -0.3 is 9.30 Å². The van der Waals surface area contributed by atoms with Crippen LogP contribution in [0.25, 0.3) is 0 Å². The maximum absolute atomic E-state index is 13.2. The number of alkyl halides is 3. The van der Waals surface area contributed by atoms with E-state index in [1.165, 1.54) is 18.3 Å². The zero-order valence-corrected chi connectivity index (χ0v) is 18.8. The number of nitrogens with zero attached hydrogens (tertiary/aromatic N) is 2. The molecule has 166 valence electrons. The van der Waals surface area contributed by atoms with Crippen molar-refractivity contribution in [3.63, 3.8) is 0 Å². The largest absolute Gasteiger partial charge is 0.420 e. The summed E-state index contributed by atoms with van der Waals surface area (Å²) in [5.74, 6) is 0.529. The predicted octanol–water partition coefficient (Wildman–Crippen LogP) is 7.13. The normalized spacial score (nSPS) is 11.7. The van der Waals surface area contributed by atoms with Crippen LogP contribution in [0.4, 0.5) is 23.1 Å². The topological polar surface area (TPSA) is 56.1 Å². The average Bonchev–Trinajstić information content (AvgIpc) is 3.20. The van der Waals surface area contributed by atoms with Crippen molar-refractivity contribution in [3.05, 3.63) is 62.7 Å². The Kier molecular flexibility index (Phi) is 7.18. The van der Waals surface area contributed by atoms with Gasteiger partial charge in [0.05, 0.1) is 23.3 Å². The molecule has 0 atom stereocenters. The highest BCUT2D eigenvalue weighted by Gasteiger charge is 2.33. The summed E-state index contributed by atoms with van der Waals surface area (Å²) < 4.78 is 47.0. The molecule has 0 spiro atoms. The Morgan fingerprint density at radius 3 is 2.61 bits per heavy atom. The minimum atomic E-state index is -4.57. The zero-order valence-electron chi connectivity index (χ0n) is 16.5. The lowest BCUT2D eigenvalue weighted by molar-refractivity contribution is -0.137. The van der Waals surface area contributed by atoms with Gasteiger partial charge in [-0.1, -0.05) is 54.5 Å². The number of carbonyl (C=O) groups is 1. The van der Waals surface area contributed by atoms with E-state index in [0.29, 0.717) is 22.2 Å². The second kappa shape index (κ2) is 9.50. The summed E-state index contributed by atoms with van der Waals surface area (Å²) in [5.41, 5.74) is 0.336. The third kappa shape index (κ3) is 6.38. The summed E-state index contributed by atoms with van der Waals surface area (Å²) in [4.78, 5) is 16.2. The van der Waals surface area contributed by atoms with Gasteiger partial charge >= 0.3 is 12.3 Å². The Morgan fingerprint density at radius 2 is 2.00 bits per heavy atom. The molecule has 0 saturated carbocycles. The number of anilines is 1. The lowest BCUT2D eigenvalue weighted by Gasteiger charge is -2.13. The molecule has 11 heteroatoms. The van der Waals surface area contributed by atoms with Crippen molar-refractivity contribution < 1.29 is 22.7 Å². The number of nitrogens with one attached hydrogen (secondary N) is 1. The van der Waals surface area contributed by atoms with Crippen LogP contribution in [0.1, 0.15) is 30.5 Å². The maximum Gasteiger partial charge on any atom is 0.420 e. The molecule has 0 unspecified atom stereocenters. The van der Waals surface area contributed by atoms with E-state index in [-0.39, 0.29) is 22.6 Å². The van der Waals surface area contributed by atoms with Gasteiger partial charge in [-0.25, -0.2) is 9.78 Å². The van der Waals surface area contributed by atoms with E-state index in [1.807, 2.05) is 13.8 Å². The summed E-state index contributed by atoms with van der Waals surface area (Å²) in [7, 11) is 0. The molecule has 0 aliphatic carbocycles. The molecule has 0 fully saturated rings. The fraction of sp³-hybridized carbons (Fsp3) is 0.300. The molecule has 3 aromatic rings. The first-order chi connectivity index (χ1) is 14.5. The number of ether oxygens (including phenoxy) is 1. The van der Waals surface area contributed by atoms with E-state index >= 15 is 0 Å². The van der Waals surface area contributed by atoms with E-state index in [4.69, 9.17) is 27.9 Å². The molecule has 5 nitrogen and oxygen atoms in total. The summed E-state index contributed by atoms with van der Waals surface area (Å²) >= 11 is 12.6. The molecule has 1 aromatic carbocycles. The standard InChI is InChI=1S/C20H18Cl2F3N3O2S/c1-11(2)5-13-7-17(30-19(29)27-18-26-8-16(22)31-18)28(10-13)9-12-3-4-15(21)14(6-12)20(23,24)25/h3-4,6-8,10-11H,5,9H2,1-2H3,(H,26,27,29). The number of amides is 1. The molecule has 2 aromatic heterocycles. The van der Waals surface area contributed by atoms with Gasteiger partial charge in [0.2, 0.25) is 5.88 Å². The first-order valence-corrected chi connectivity index (χ1v) is 10.7. The lowest BCUT2D eigenvalue weighted by atomic mass is 10.1. The zero-order chi connectivity index (χ0) is 22.8. The number of thiazole rings is 1. The highest BCUT2D eigenvalue weighted by Crippen LogP contribution is 2.35. The molecule has 2 heterocycles. The van der Waals surface area contributed by atoms with Gasteiger partial charge in [0.25, 0.3) is 0 Å². The third-order valence-electron chi connectivity index (χ3n) is 4.13. The van der Waals surface area contributed by atoms with Crippen molar-refractivity contribution in [1.82, 2.24) is 9.55 Å². The average molecular weight is 492 g/mol. The minimum Gasteiger partial charge on any atom is -0.393 e. The number of rotatable bonds is 6. The maximum atomic E-state index is 13.2. The molecule has 0 aliphatic heterocycles. The second-order valence-electron chi connectivity index (χ2n) is 7.21. The highest BCUT2D eigenvalue weighted by atomic mass is 35.5. The Morgan fingerprint density at radius 1 is 1.26 bits per heavy atom. The van der Waals surface area contributed by atoms with E-state index in [1.54, 1.807) is 16.8 Å². The van der Waals surface area contributed by atoms with Gasteiger partial charge in [0, 0.05) is 12.3 Å². The van der Waals surface area contributed by atoms with Crippen molar-refractivity contribution in [2.24, 2.45) is 5.92 Å². The van der Waals surface area contributed by atoms with Crippen LogP contribution in [0.5, 0.6) is 5.88 Å². The number of carbonyl (C=O) groups excluding carboxylic acids is 1. The minimum absolute atomic E-state index is 0.0596. The van der Waals surface area contributed by atoms with Gasteiger partial charge in [-0.05, 0) is 35.6 Å². The van der Waals surface area contributed by atoms with Gasteiger partial charge in [-0.2, -0.15) is 13.2 Å². The van der Waals surface area contributed by atoms with Gasteiger partial charge in [0.1, 0.15) is 4.34 Å². The Bertz CT molecular complexity index is 1080. The molecular formula is C20H18Cl2F3N3O2S. The van der Waals surface area contributed by atoms with Crippen molar-refractivity contribution in [3.8, 4) is 5.88 Å². The van der Waals surface area contributed by atoms with Crippen LogP contribution in [0.2, 0.25) is 9.36 Å². The van der Waals surface area contributed by atoms with Gasteiger partial charge in [-0.3, -0.25) is 5.32 Å². The Hall–Kier alpha value is -2.23. The van der Waals surface area contributed by atoms with Crippen molar-refractivity contribution in [2.75, 3.05) is 5.32 Å². The number of aromatic nitrogens is 2. The molecule has 0 aliphatic rings. The van der Waals surface area contributed by atoms with E-state index < -0.39 is 17.8 Å². The van der Waals surface area contributed by atoms with Crippen LogP contribution in [0.15, 0.2) is 36.7 Å². The third-order valence-corrected chi connectivity index (χ3v) is 5.49. The monoisotopic (exact) mass is 491 g/mol. The highest BCUT2D eigenvalue weighted by molar-refractivity contribution is 7.19. The SMILES string of the molecule is CC(C)Cc1cc(OC(=O)Nc2ncc(Cl)s2)n(Cc2ccc(Cl)c(C(F)(F)F)c2)c1. The van der Waals surface area contributed by atoms with Crippen molar-refractivity contribution >= 4 is 45.8 Å². The summed E-state index contributed by atoms with van der Waals surface area (Å²) in [6, 6.07) is 5.39. The second-order valence-corrected chi connectivity index (χ2v) is 9.28. The first kappa shape index (κ1) is 23.4. The predicted molar refractivity (Wildman–Crippen MR) is 115 cm³/mol. The van der Waals surface area contributed by atoms with Gasteiger partial charge in [-0.15, -0.1) is 0 Å². The van der Waals surface area contributed by atoms with Crippen LogP contribution in [-0.2, 0) is 19.1 Å². The van der Waals surface area contributed by atoms with Crippen LogP contribution in [0.3, 0.4) is 0 Å². The fourth-order valence-corrected chi connectivity index (χ4v) is 3.96. The van der Waals surface area contributed by atoms with Crippen molar-refractivity contribution in [1.29, 1.82) is 0 Å². The molecule has 0 bridgehead atoms. The van der Waals surface area contributed by atoms with Crippen LogP contribution in [0, 0.1) is 5.92 Å². The van der Waals surface area contributed by atoms with E-state index in [9.17, 15) is 18.0 Å². The van der Waals surface area contributed by atoms with Crippen LogP contribution >= 0.6 is 34.5 Å². The Balaban J connectivity index is 1.85. The molecule has 1 amide bonds. The number of hydrogen-bond acceptors (Lipinski definition) is 4. The van der Waals surface area contributed by atoms with Crippen LogP contribution < -0.4 is 10.1 Å². The van der Waals surface area contributed by atoms with Crippen LogP contribution in [-0.4, -0.2) is 15.6 Å². The number of halogens is 5. The van der Waals surface area contributed by atoms with E-state index in [2.05, 4.69) is 10.3 Å². The quantitative estimate of drug-likeness (QED) is 0.398. The molecule has 0 radical (unpaired) electrons. The number of benzene rings is 1. The molecule has 3 rings (SSSR count). The number of hydrogen-bond donors (Lipinski definition) is 1. The smallest absolute Gasteiger partial charge is 0.393 e. The molecular weight excluding hydrogens is 474 g/mol. The van der Waals surface area contributed by atoms with E-state index in [0.717, 1.165) is 23.0 Å².